The molecule has 5 nitrogen and oxygen atoms in total. The van der Waals surface area contributed by atoms with Crippen molar-refractivity contribution in [3.8, 4) is 11.5 Å². The average molecular weight is 279 g/mol. The van der Waals surface area contributed by atoms with E-state index in [0.29, 0.717) is 6.54 Å². The fourth-order valence-corrected chi connectivity index (χ4v) is 2.71. The SMILES string of the molecule is CCNC(=O)O[C@H]1CC[C@H](c2ccc(O)cc2O)CC1. The highest BCUT2D eigenvalue weighted by atomic mass is 16.6. The van der Waals surface area contributed by atoms with Gasteiger partial charge in [-0.1, -0.05) is 6.07 Å². The normalized spacial score (nSPS) is 22.2. The number of phenols is 2. The van der Waals surface area contributed by atoms with E-state index >= 15 is 0 Å². The Labute approximate surface area is 118 Å². The lowest BCUT2D eigenvalue weighted by Gasteiger charge is -2.28. The van der Waals surface area contributed by atoms with Crippen molar-refractivity contribution in [1.29, 1.82) is 0 Å². The number of phenolic OH excluding ortho intramolecular Hbond substituents is 2. The minimum atomic E-state index is -0.358. The largest absolute Gasteiger partial charge is 0.508 e. The summed E-state index contributed by atoms with van der Waals surface area (Å²) < 4.78 is 5.31. The van der Waals surface area contributed by atoms with Crippen LogP contribution in [0.4, 0.5) is 4.79 Å². The summed E-state index contributed by atoms with van der Waals surface area (Å²) >= 11 is 0. The molecule has 5 heteroatoms. The predicted octanol–water partition coefficient (Wildman–Crippen LogP) is 2.87. The molecule has 1 aromatic carbocycles. The number of carbonyl (C=O) groups is 1. The van der Waals surface area contributed by atoms with Crippen LogP contribution >= 0.6 is 0 Å². The Morgan fingerprint density at radius 1 is 1.30 bits per heavy atom. The number of carbonyl (C=O) groups excluding carboxylic acids is 1. The van der Waals surface area contributed by atoms with Gasteiger partial charge in [0.25, 0.3) is 0 Å². The first-order valence-electron chi connectivity index (χ1n) is 7.06. The minimum absolute atomic E-state index is 0.0444. The highest BCUT2D eigenvalue weighted by Gasteiger charge is 2.26. The zero-order valence-corrected chi connectivity index (χ0v) is 11.6. The molecule has 0 bridgehead atoms. The van der Waals surface area contributed by atoms with Crippen molar-refractivity contribution in [3.63, 3.8) is 0 Å². The number of rotatable bonds is 3. The number of benzene rings is 1. The number of hydrogen-bond acceptors (Lipinski definition) is 4. The molecule has 0 atom stereocenters. The third-order valence-electron chi connectivity index (χ3n) is 3.72. The van der Waals surface area contributed by atoms with Crippen molar-refractivity contribution in [2.45, 2.75) is 44.6 Å². The molecule has 0 aliphatic heterocycles. The Balaban J connectivity index is 1.89. The summed E-state index contributed by atoms with van der Waals surface area (Å²) in [6.07, 6.45) is 2.91. The van der Waals surface area contributed by atoms with Crippen molar-refractivity contribution in [3.05, 3.63) is 23.8 Å². The monoisotopic (exact) mass is 279 g/mol. The van der Waals surface area contributed by atoms with E-state index < -0.39 is 0 Å². The van der Waals surface area contributed by atoms with Crippen LogP contribution in [0.5, 0.6) is 11.5 Å². The van der Waals surface area contributed by atoms with Gasteiger partial charge in [-0.15, -0.1) is 0 Å². The maximum absolute atomic E-state index is 11.4. The van der Waals surface area contributed by atoms with Gasteiger partial charge in [-0.05, 0) is 50.2 Å². The molecule has 1 aliphatic carbocycles. The molecule has 1 amide bonds. The number of alkyl carbamates (subject to hydrolysis) is 1. The standard InChI is InChI=1S/C15H21NO4/c1-2-16-15(19)20-12-6-3-10(4-7-12)13-8-5-11(17)9-14(13)18/h5,8-10,12,17-18H,2-4,6-7H2,1H3,(H,16,19)/t10-,12-. The number of hydrogen-bond donors (Lipinski definition) is 3. The molecule has 0 radical (unpaired) electrons. The topological polar surface area (TPSA) is 78.8 Å². The zero-order valence-electron chi connectivity index (χ0n) is 11.6. The molecule has 0 aromatic heterocycles. The third-order valence-corrected chi connectivity index (χ3v) is 3.72. The summed E-state index contributed by atoms with van der Waals surface area (Å²) in [5.74, 6) is 0.460. The summed E-state index contributed by atoms with van der Waals surface area (Å²) in [6, 6.07) is 4.72. The van der Waals surface area contributed by atoms with Gasteiger partial charge in [-0.25, -0.2) is 4.79 Å². The van der Waals surface area contributed by atoms with Crippen molar-refractivity contribution >= 4 is 6.09 Å². The fourth-order valence-electron chi connectivity index (χ4n) is 2.71. The molecule has 3 N–H and O–H groups in total. The first kappa shape index (κ1) is 14.5. The van der Waals surface area contributed by atoms with Gasteiger partial charge in [0.05, 0.1) is 0 Å². The van der Waals surface area contributed by atoms with Crippen LogP contribution in [-0.2, 0) is 4.74 Å². The second-order valence-electron chi connectivity index (χ2n) is 5.15. The van der Waals surface area contributed by atoms with Crippen LogP contribution in [-0.4, -0.2) is 29.0 Å². The van der Waals surface area contributed by atoms with Gasteiger partial charge < -0.3 is 20.3 Å². The van der Waals surface area contributed by atoms with E-state index in [2.05, 4.69) is 5.32 Å². The Morgan fingerprint density at radius 3 is 2.60 bits per heavy atom. The average Bonchev–Trinajstić information content (AvgIpc) is 2.40. The predicted molar refractivity (Wildman–Crippen MR) is 74.9 cm³/mol. The number of ether oxygens (including phenoxy) is 1. The minimum Gasteiger partial charge on any atom is -0.508 e. The van der Waals surface area contributed by atoms with Gasteiger partial charge in [-0.3, -0.25) is 0 Å². The molecule has 2 rings (SSSR count). The number of amides is 1. The lowest BCUT2D eigenvalue weighted by molar-refractivity contribution is 0.0716. The second kappa shape index (κ2) is 6.50. The van der Waals surface area contributed by atoms with E-state index in [0.717, 1.165) is 31.2 Å². The first-order valence-corrected chi connectivity index (χ1v) is 7.06. The molecule has 0 unspecified atom stereocenters. The van der Waals surface area contributed by atoms with Crippen molar-refractivity contribution in [2.75, 3.05) is 6.54 Å². The van der Waals surface area contributed by atoms with E-state index in [1.165, 1.54) is 6.07 Å². The van der Waals surface area contributed by atoms with Crippen molar-refractivity contribution < 1.29 is 19.7 Å². The maximum atomic E-state index is 11.4. The van der Waals surface area contributed by atoms with Gasteiger partial charge in [-0.2, -0.15) is 0 Å². The molecule has 1 aliphatic rings. The summed E-state index contributed by atoms with van der Waals surface area (Å²) in [5, 5.41) is 21.8. The molecule has 110 valence electrons. The Hall–Kier alpha value is -1.91. The van der Waals surface area contributed by atoms with Crippen LogP contribution in [0.15, 0.2) is 18.2 Å². The van der Waals surface area contributed by atoms with Crippen LogP contribution in [0.3, 0.4) is 0 Å². The van der Waals surface area contributed by atoms with Gasteiger partial charge >= 0.3 is 6.09 Å². The number of aromatic hydroxyl groups is 2. The van der Waals surface area contributed by atoms with E-state index in [1.807, 2.05) is 6.92 Å². The molecule has 1 fully saturated rings. The highest BCUT2D eigenvalue weighted by Crippen LogP contribution is 2.39. The summed E-state index contributed by atoms with van der Waals surface area (Å²) in [5.41, 5.74) is 0.860. The lowest BCUT2D eigenvalue weighted by Crippen LogP contribution is -2.30. The molecule has 20 heavy (non-hydrogen) atoms. The van der Waals surface area contributed by atoms with Crippen LogP contribution in [0.1, 0.15) is 44.1 Å². The summed E-state index contributed by atoms with van der Waals surface area (Å²) in [4.78, 5) is 11.4. The highest BCUT2D eigenvalue weighted by molar-refractivity contribution is 5.67. The van der Waals surface area contributed by atoms with E-state index in [9.17, 15) is 15.0 Å². The Kier molecular flexibility index (Phi) is 4.71. The van der Waals surface area contributed by atoms with Crippen LogP contribution in [0, 0.1) is 0 Å². The number of nitrogens with one attached hydrogen (secondary N) is 1. The van der Waals surface area contributed by atoms with E-state index in [1.54, 1.807) is 12.1 Å². The van der Waals surface area contributed by atoms with E-state index in [4.69, 9.17) is 4.74 Å². The zero-order chi connectivity index (χ0) is 14.5. The third kappa shape index (κ3) is 3.56. The second-order valence-corrected chi connectivity index (χ2v) is 5.15. The van der Waals surface area contributed by atoms with Crippen LogP contribution in [0.25, 0.3) is 0 Å². The van der Waals surface area contributed by atoms with Gasteiger partial charge in [0, 0.05) is 12.6 Å². The Bertz CT molecular complexity index is 467. The molecule has 0 heterocycles. The van der Waals surface area contributed by atoms with E-state index in [-0.39, 0.29) is 29.6 Å². The molecule has 0 saturated heterocycles. The molecular weight excluding hydrogens is 258 g/mol. The van der Waals surface area contributed by atoms with Gasteiger partial charge in [0.2, 0.25) is 0 Å². The molecule has 1 saturated carbocycles. The first-order chi connectivity index (χ1) is 9.60. The molecule has 1 aromatic rings. The summed E-state index contributed by atoms with van der Waals surface area (Å²) in [6.45, 7) is 2.42. The lowest BCUT2D eigenvalue weighted by atomic mass is 9.82. The van der Waals surface area contributed by atoms with Crippen LogP contribution < -0.4 is 5.32 Å². The summed E-state index contributed by atoms with van der Waals surface area (Å²) in [7, 11) is 0. The van der Waals surface area contributed by atoms with Crippen molar-refractivity contribution in [1.82, 2.24) is 5.32 Å². The molecular formula is C15H21NO4. The Morgan fingerprint density at radius 2 is 2.00 bits per heavy atom. The van der Waals surface area contributed by atoms with Gasteiger partial charge in [0.15, 0.2) is 0 Å². The maximum Gasteiger partial charge on any atom is 0.407 e. The molecule has 0 spiro atoms. The fraction of sp³-hybridized carbons (Fsp3) is 0.533. The van der Waals surface area contributed by atoms with Crippen molar-refractivity contribution in [2.24, 2.45) is 0 Å². The van der Waals surface area contributed by atoms with Gasteiger partial charge in [0.1, 0.15) is 17.6 Å². The quantitative estimate of drug-likeness (QED) is 0.795. The van der Waals surface area contributed by atoms with Crippen LogP contribution in [0.2, 0.25) is 0 Å². The smallest absolute Gasteiger partial charge is 0.407 e.